The second-order valence-corrected chi connectivity index (χ2v) is 11.8. The topological polar surface area (TPSA) is 115 Å². The highest BCUT2D eigenvalue weighted by molar-refractivity contribution is 6.08. The Morgan fingerprint density at radius 2 is 1.85 bits per heavy atom. The Kier molecular flexibility index (Phi) is 9.03. The van der Waals surface area contributed by atoms with Crippen LogP contribution in [-0.2, 0) is 16.1 Å². The monoisotopic (exact) mass is 637 g/mol. The summed E-state index contributed by atoms with van der Waals surface area (Å²) in [7, 11) is 0. The van der Waals surface area contributed by atoms with Crippen LogP contribution in [0.1, 0.15) is 42.9 Å². The zero-order valence-corrected chi connectivity index (χ0v) is 25.0. The van der Waals surface area contributed by atoms with Crippen LogP contribution in [0.5, 0.6) is 5.75 Å². The van der Waals surface area contributed by atoms with E-state index < -0.39 is 47.9 Å². The molecule has 2 heterocycles. The molecular formula is C33H31F4N5O4. The highest BCUT2D eigenvalue weighted by Gasteiger charge is 2.45. The van der Waals surface area contributed by atoms with E-state index in [1.165, 1.54) is 24.3 Å². The molecule has 0 aliphatic carbocycles. The summed E-state index contributed by atoms with van der Waals surface area (Å²) in [6.45, 7) is 3.14. The first kappa shape index (κ1) is 32.4. The lowest BCUT2D eigenvalue weighted by molar-refractivity contribution is -0.274. The average molecular weight is 638 g/mol. The van der Waals surface area contributed by atoms with Crippen LogP contribution in [0.4, 0.5) is 22.4 Å². The molecule has 2 fully saturated rings. The predicted octanol–water partition coefficient (Wildman–Crippen LogP) is 5.07. The van der Waals surface area contributed by atoms with Gasteiger partial charge in [0.05, 0.1) is 11.6 Å². The van der Waals surface area contributed by atoms with Gasteiger partial charge in [0, 0.05) is 42.7 Å². The molecule has 4 amide bonds. The SMILES string of the molecule is CC1(C)NC(=O)N(CC(=O)N2CC[C@H](NCc3cc(-c4ccc(C#N)cc4F)ccc3OC(F)(F)F)[C@H](c3ccccc3)C2)C1=O. The normalized spacial score (nSPS) is 19.5. The number of hydrogen-bond donors (Lipinski definition) is 2. The summed E-state index contributed by atoms with van der Waals surface area (Å²) in [5.74, 6) is -2.33. The smallest absolute Gasteiger partial charge is 0.405 e. The summed E-state index contributed by atoms with van der Waals surface area (Å²) >= 11 is 0. The van der Waals surface area contributed by atoms with Crippen LogP contribution in [0.25, 0.3) is 11.1 Å². The number of nitriles is 1. The summed E-state index contributed by atoms with van der Waals surface area (Å²) < 4.78 is 59.0. The van der Waals surface area contributed by atoms with Gasteiger partial charge in [-0.3, -0.25) is 14.5 Å². The van der Waals surface area contributed by atoms with Crippen molar-refractivity contribution in [3.8, 4) is 22.9 Å². The van der Waals surface area contributed by atoms with Gasteiger partial charge in [-0.1, -0.05) is 42.5 Å². The minimum Gasteiger partial charge on any atom is -0.405 e. The van der Waals surface area contributed by atoms with Gasteiger partial charge < -0.3 is 20.3 Å². The first-order valence-corrected chi connectivity index (χ1v) is 14.5. The number of carbonyl (C=O) groups excluding carboxylic acids is 3. The highest BCUT2D eigenvalue weighted by atomic mass is 19.4. The van der Waals surface area contributed by atoms with Gasteiger partial charge in [-0.25, -0.2) is 9.18 Å². The number of carbonyl (C=O) groups is 3. The van der Waals surface area contributed by atoms with Gasteiger partial charge in [0.15, 0.2) is 0 Å². The van der Waals surface area contributed by atoms with Crippen LogP contribution >= 0.6 is 0 Å². The van der Waals surface area contributed by atoms with E-state index in [0.29, 0.717) is 12.0 Å². The van der Waals surface area contributed by atoms with Crippen molar-refractivity contribution in [2.45, 2.75) is 50.7 Å². The number of ether oxygens (including phenoxy) is 1. The van der Waals surface area contributed by atoms with Gasteiger partial charge in [0.1, 0.15) is 23.7 Å². The van der Waals surface area contributed by atoms with Crippen LogP contribution in [-0.4, -0.2) is 65.2 Å². The van der Waals surface area contributed by atoms with Crippen molar-refractivity contribution >= 4 is 17.8 Å². The number of nitrogens with zero attached hydrogens (tertiary/aromatic N) is 3. The molecule has 2 aliphatic rings. The van der Waals surface area contributed by atoms with Crippen LogP contribution in [0.15, 0.2) is 66.7 Å². The van der Waals surface area contributed by atoms with E-state index in [9.17, 15) is 31.9 Å². The van der Waals surface area contributed by atoms with Gasteiger partial charge >= 0.3 is 12.4 Å². The van der Waals surface area contributed by atoms with Crippen molar-refractivity contribution in [2.24, 2.45) is 0 Å². The van der Waals surface area contributed by atoms with Gasteiger partial charge in [-0.15, -0.1) is 13.2 Å². The molecule has 0 unspecified atom stereocenters. The number of halogens is 4. The van der Waals surface area contributed by atoms with Crippen LogP contribution < -0.4 is 15.4 Å². The zero-order valence-electron chi connectivity index (χ0n) is 25.0. The maximum absolute atomic E-state index is 14.8. The third kappa shape index (κ3) is 7.13. The first-order chi connectivity index (χ1) is 21.8. The third-order valence-corrected chi connectivity index (χ3v) is 8.18. The summed E-state index contributed by atoms with van der Waals surface area (Å²) in [6.07, 6.45) is -4.55. The highest BCUT2D eigenvalue weighted by Crippen LogP contribution is 2.34. The number of likely N-dealkylation sites (tertiary alicyclic amines) is 1. The molecule has 0 saturated carbocycles. The van der Waals surface area contributed by atoms with Crippen molar-refractivity contribution in [1.29, 1.82) is 5.26 Å². The zero-order chi connectivity index (χ0) is 33.2. The fourth-order valence-electron chi connectivity index (χ4n) is 5.83. The molecule has 240 valence electrons. The molecule has 0 bridgehead atoms. The maximum atomic E-state index is 14.8. The first-order valence-electron chi connectivity index (χ1n) is 14.5. The van der Waals surface area contributed by atoms with E-state index in [-0.39, 0.29) is 48.3 Å². The average Bonchev–Trinajstić information content (AvgIpc) is 3.21. The standard InChI is InChI=1S/C33H31F4N5O4/c1-32(2)30(44)42(31(45)40-32)19-29(43)41-13-12-27(25(18-41)21-6-4-3-5-7-21)39-17-23-15-22(9-11-28(23)46-33(35,36)37)24-10-8-20(16-38)14-26(24)34/h3-11,14-15,25,27,39H,12-13,17-19H2,1-2H3,(H,40,45)/t25-,27-/m0/s1. The number of rotatable bonds is 8. The lowest BCUT2D eigenvalue weighted by atomic mass is 9.85. The van der Waals surface area contributed by atoms with Gasteiger partial charge in [0.25, 0.3) is 5.91 Å². The molecule has 3 aromatic rings. The Hall–Kier alpha value is -4.96. The van der Waals surface area contributed by atoms with E-state index >= 15 is 0 Å². The number of urea groups is 1. The van der Waals surface area contributed by atoms with Crippen molar-refractivity contribution in [3.05, 3.63) is 89.2 Å². The lowest BCUT2D eigenvalue weighted by Crippen LogP contribution is -2.52. The van der Waals surface area contributed by atoms with Crippen molar-refractivity contribution in [2.75, 3.05) is 19.6 Å². The Bertz CT molecular complexity index is 1690. The molecule has 2 N–H and O–H groups in total. The molecular weight excluding hydrogens is 606 g/mol. The van der Waals surface area contributed by atoms with Crippen LogP contribution in [0.2, 0.25) is 0 Å². The Labute approximate surface area is 262 Å². The quantitative estimate of drug-likeness (QED) is 0.264. The lowest BCUT2D eigenvalue weighted by Gasteiger charge is -2.40. The summed E-state index contributed by atoms with van der Waals surface area (Å²) in [6, 6.07) is 17.9. The van der Waals surface area contributed by atoms with E-state index in [0.717, 1.165) is 22.6 Å². The number of piperidine rings is 1. The molecule has 2 atom stereocenters. The number of imide groups is 1. The van der Waals surface area contributed by atoms with E-state index in [1.54, 1.807) is 18.7 Å². The second-order valence-electron chi connectivity index (χ2n) is 11.8. The molecule has 13 heteroatoms. The third-order valence-electron chi connectivity index (χ3n) is 8.18. The minimum absolute atomic E-state index is 0.0728. The van der Waals surface area contributed by atoms with Crippen LogP contribution in [0.3, 0.4) is 0 Å². The molecule has 0 aromatic heterocycles. The molecule has 0 spiro atoms. The van der Waals surface area contributed by atoms with Crippen LogP contribution in [0, 0.1) is 17.1 Å². The summed E-state index contributed by atoms with van der Waals surface area (Å²) in [5, 5.41) is 14.9. The Balaban J connectivity index is 1.37. The Morgan fingerprint density at radius 3 is 2.48 bits per heavy atom. The number of alkyl halides is 3. The summed E-state index contributed by atoms with van der Waals surface area (Å²) in [4.78, 5) is 40.8. The van der Waals surface area contributed by atoms with E-state index in [1.807, 2.05) is 36.4 Å². The van der Waals surface area contributed by atoms with Crippen molar-refractivity contribution < 1.29 is 36.7 Å². The largest absolute Gasteiger partial charge is 0.573 e. The fourth-order valence-corrected chi connectivity index (χ4v) is 5.83. The molecule has 2 aliphatic heterocycles. The number of hydrogen-bond acceptors (Lipinski definition) is 6. The molecule has 5 rings (SSSR count). The van der Waals surface area contributed by atoms with Crippen molar-refractivity contribution in [1.82, 2.24) is 20.4 Å². The van der Waals surface area contributed by atoms with E-state index in [4.69, 9.17) is 5.26 Å². The van der Waals surface area contributed by atoms with E-state index in [2.05, 4.69) is 15.4 Å². The predicted molar refractivity (Wildman–Crippen MR) is 159 cm³/mol. The molecule has 3 aromatic carbocycles. The number of amides is 4. The summed E-state index contributed by atoms with van der Waals surface area (Å²) in [5.41, 5.74) is 0.423. The maximum Gasteiger partial charge on any atom is 0.573 e. The molecule has 0 radical (unpaired) electrons. The molecule has 9 nitrogen and oxygen atoms in total. The number of benzene rings is 3. The molecule has 46 heavy (non-hydrogen) atoms. The minimum atomic E-state index is -4.96. The van der Waals surface area contributed by atoms with Gasteiger partial charge in [0.2, 0.25) is 5.91 Å². The fraction of sp³-hybridized carbons (Fsp3) is 0.333. The van der Waals surface area contributed by atoms with Gasteiger partial charge in [-0.2, -0.15) is 5.26 Å². The number of nitrogens with one attached hydrogen (secondary N) is 2. The van der Waals surface area contributed by atoms with Crippen molar-refractivity contribution in [3.63, 3.8) is 0 Å². The Morgan fingerprint density at radius 1 is 1.11 bits per heavy atom. The molecule has 2 saturated heterocycles. The van der Waals surface area contributed by atoms with Gasteiger partial charge in [-0.05, 0) is 55.7 Å². The second kappa shape index (κ2) is 12.8.